The van der Waals surface area contributed by atoms with E-state index in [9.17, 15) is 9.59 Å². The Morgan fingerprint density at radius 2 is 1.75 bits per heavy atom. The highest BCUT2D eigenvalue weighted by molar-refractivity contribution is 6.30. The Hall–Kier alpha value is -2.79. The van der Waals surface area contributed by atoms with Crippen LogP contribution in [0.3, 0.4) is 0 Å². The predicted octanol–water partition coefficient (Wildman–Crippen LogP) is 3.92. The predicted molar refractivity (Wildman–Crippen MR) is 91.0 cm³/mol. The van der Waals surface area contributed by atoms with Crippen LogP contribution < -0.4 is 9.47 Å². The molecular formula is C18H14ClNO4. The summed E-state index contributed by atoms with van der Waals surface area (Å²) in [4.78, 5) is 24.2. The number of rotatable bonds is 3. The highest BCUT2D eigenvalue weighted by Crippen LogP contribution is 2.36. The number of nitrogens with zero attached hydrogens (tertiary/aromatic N) is 1. The minimum absolute atomic E-state index is 0.261. The summed E-state index contributed by atoms with van der Waals surface area (Å²) in [6.07, 6.45) is 1.49. The maximum absolute atomic E-state index is 12.8. The van der Waals surface area contributed by atoms with Gasteiger partial charge in [0.2, 0.25) is 0 Å². The zero-order valence-electron chi connectivity index (χ0n) is 13.1. The second kappa shape index (κ2) is 6.37. The minimum atomic E-state index is -0.473. The molecule has 0 atom stereocenters. The van der Waals surface area contributed by atoms with Crippen molar-refractivity contribution in [3.05, 3.63) is 59.2 Å². The van der Waals surface area contributed by atoms with E-state index in [2.05, 4.69) is 0 Å². The summed E-state index contributed by atoms with van der Waals surface area (Å²) in [7, 11) is 1.52. The number of ether oxygens (including phenoxy) is 2. The van der Waals surface area contributed by atoms with E-state index < -0.39 is 5.97 Å². The first-order valence-corrected chi connectivity index (χ1v) is 7.56. The monoisotopic (exact) mass is 343 g/mol. The Morgan fingerprint density at radius 3 is 2.38 bits per heavy atom. The number of carbonyl (C=O) groups excluding carboxylic acids is 2. The first-order valence-electron chi connectivity index (χ1n) is 7.18. The van der Waals surface area contributed by atoms with Crippen LogP contribution in [0.5, 0.6) is 11.5 Å². The van der Waals surface area contributed by atoms with Gasteiger partial charge in [-0.25, -0.2) is 0 Å². The highest BCUT2D eigenvalue weighted by Gasteiger charge is 2.20. The van der Waals surface area contributed by atoms with Crippen LogP contribution in [0.15, 0.2) is 48.7 Å². The number of methoxy groups -OCH3 is 1. The van der Waals surface area contributed by atoms with Gasteiger partial charge in [0, 0.05) is 17.5 Å². The molecule has 0 aliphatic rings. The molecule has 0 aliphatic carbocycles. The molecule has 5 nitrogen and oxygen atoms in total. The van der Waals surface area contributed by atoms with Crippen LogP contribution in [0.2, 0.25) is 5.02 Å². The third kappa shape index (κ3) is 2.86. The lowest BCUT2D eigenvalue weighted by molar-refractivity contribution is -0.131. The van der Waals surface area contributed by atoms with E-state index >= 15 is 0 Å². The lowest BCUT2D eigenvalue weighted by atomic mass is 10.2. The van der Waals surface area contributed by atoms with E-state index in [0.29, 0.717) is 27.2 Å². The van der Waals surface area contributed by atoms with E-state index in [-0.39, 0.29) is 11.7 Å². The molecule has 0 spiro atoms. The minimum Gasteiger partial charge on any atom is -0.496 e. The fourth-order valence-electron chi connectivity index (χ4n) is 2.52. The molecule has 2 aromatic carbocycles. The molecule has 0 radical (unpaired) electrons. The summed E-state index contributed by atoms with van der Waals surface area (Å²) < 4.78 is 12.0. The van der Waals surface area contributed by atoms with Crippen molar-refractivity contribution in [2.45, 2.75) is 6.92 Å². The standard InChI is InChI=1S/C18H14ClNO4/c1-11(21)24-16-10-20(14-4-3-5-15(23-2)17(14)16)18(22)12-6-8-13(19)9-7-12/h3-10H,1-2H3. The quantitative estimate of drug-likeness (QED) is 0.676. The number of fused-ring (bicyclic) bond motifs is 1. The number of halogens is 1. The number of hydrogen-bond acceptors (Lipinski definition) is 4. The number of hydrogen-bond donors (Lipinski definition) is 0. The van der Waals surface area contributed by atoms with Gasteiger partial charge in [-0.05, 0) is 36.4 Å². The normalized spacial score (nSPS) is 10.6. The van der Waals surface area contributed by atoms with Gasteiger partial charge in [-0.2, -0.15) is 0 Å². The van der Waals surface area contributed by atoms with Gasteiger partial charge in [0.05, 0.1) is 24.2 Å². The number of aromatic nitrogens is 1. The molecule has 0 bridgehead atoms. The molecule has 0 N–H and O–H groups in total. The summed E-state index contributed by atoms with van der Waals surface area (Å²) >= 11 is 5.87. The van der Waals surface area contributed by atoms with Crippen molar-refractivity contribution >= 4 is 34.4 Å². The first-order chi connectivity index (χ1) is 11.5. The van der Waals surface area contributed by atoms with Crippen LogP contribution >= 0.6 is 11.6 Å². The maximum Gasteiger partial charge on any atom is 0.308 e. The lowest BCUT2D eigenvalue weighted by Crippen LogP contribution is -2.10. The lowest BCUT2D eigenvalue weighted by Gasteiger charge is -2.06. The summed E-state index contributed by atoms with van der Waals surface area (Å²) in [5.74, 6) is 0.0610. The van der Waals surface area contributed by atoms with Crippen LogP contribution in [0, 0.1) is 0 Å². The number of carbonyl (C=O) groups is 2. The number of benzene rings is 2. The molecular weight excluding hydrogens is 330 g/mol. The van der Waals surface area contributed by atoms with E-state index in [0.717, 1.165) is 0 Å². The van der Waals surface area contributed by atoms with E-state index in [4.69, 9.17) is 21.1 Å². The van der Waals surface area contributed by atoms with Crippen molar-refractivity contribution in [2.75, 3.05) is 7.11 Å². The van der Waals surface area contributed by atoms with Gasteiger partial charge >= 0.3 is 5.97 Å². The fraction of sp³-hybridized carbons (Fsp3) is 0.111. The van der Waals surface area contributed by atoms with Crippen LogP contribution in [0.4, 0.5) is 0 Å². The molecule has 0 saturated heterocycles. The Kier molecular flexibility index (Phi) is 4.27. The largest absolute Gasteiger partial charge is 0.496 e. The highest BCUT2D eigenvalue weighted by atomic mass is 35.5. The molecule has 1 heterocycles. The van der Waals surface area contributed by atoms with Gasteiger partial charge in [0.15, 0.2) is 5.75 Å². The maximum atomic E-state index is 12.8. The molecule has 0 fully saturated rings. The van der Waals surface area contributed by atoms with Crippen molar-refractivity contribution in [2.24, 2.45) is 0 Å². The van der Waals surface area contributed by atoms with Gasteiger partial charge in [0.25, 0.3) is 5.91 Å². The molecule has 1 aromatic heterocycles. The van der Waals surface area contributed by atoms with Gasteiger partial charge in [-0.3, -0.25) is 14.2 Å². The zero-order chi connectivity index (χ0) is 17.3. The molecule has 0 aliphatic heterocycles. The van der Waals surface area contributed by atoms with Gasteiger partial charge in [0.1, 0.15) is 5.75 Å². The Bertz CT molecular complexity index is 928. The average Bonchev–Trinajstić information content (AvgIpc) is 2.93. The van der Waals surface area contributed by atoms with E-state index in [1.54, 1.807) is 42.5 Å². The summed E-state index contributed by atoms with van der Waals surface area (Å²) in [6.45, 7) is 1.31. The van der Waals surface area contributed by atoms with Gasteiger partial charge in [-0.15, -0.1) is 0 Å². The van der Waals surface area contributed by atoms with Crippen LogP contribution in [0.25, 0.3) is 10.9 Å². The average molecular weight is 344 g/mol. The van der Waals surface area contributed by atoms with E-state index in [1.807, 2.05) is 0 Å². The molecule has 3 rings (SSSR count). The second-order valence-electron chi connectivity index (χ2n) is 5.12. The summed E-state index contributed by atoms with van der Waals surface area (Å²) in [5.41, 5.74) is 1.05. The molecule has 6 heteroatoms. The van der Waals surface area contributed by atoms with Crippen LogP contribution in [-0.2, 0) is 4.79 Å². The molecule has 0 saturated carbocycles. The topological polar surface area (TPSA) is 57.5 Å². The Labute approximate surface area is 143 Å². The van der Waals surface area contributed by atoms with Crippen molar-refractivity contribution in [3.8, 4) is 11.5 Å². The first kappa shape index (κ1) is 16.1. The van der Waals surface area contributed by atoms with Crippen LogP contribution in [0.1, 0.15) is 17.3 Å². The third-order valence-electron chi connectivity index (χ3n) is 3.54. The SMILES string of the molecule is COc1cccc2c1c(OC(C)=O)cn2C(=O)c1ccc(Cl)cc1. The van der Waals surface area contributed by atoms with Crippen molar-refractivity contribution in [1.29, 1.82) is 0 Å². The molecule has 3 aromatic rings. The van der Waals surface area contributed by atoms with Crippen molar-refractivity contribution in [1.82, 2.24) is 4.57 Å². The molecule has 0 unspecified atom stereocenters. The number of esters is 1. The Balaban J connectivity index is 2.19. The molecule has 0 amide bonds. The molecule has 122 valence electrons. The van der Waals surface area contributed by atoms with Crippen LogP contribution in [-0.4, -0.2) is 23.6 Å². The smallest absolute Gasteiger partial charge is 0.308 e. The summed E-state index contributed by atoms with van der Waals surface area (Å²) in [5, 5.41) is 1.11. The second-order valence-corrected chi connectivity index (χ2v) is 5.56. The third-order valence-corrected chi connectivity index (χ3v) is 3.79. The van der Waals surface area contributed by atoms with E-state index in [1.165, 1.54) is 24.8 Å². The van der Waals surface area contributed by atoms with Gasteiger partial charge < -0.3 is 9.47 Å². The fourth-order valence-corrected chi connectivity index (χ4v) is 2.65. The Morgan fingerprint density at radius 1 is 1.04 bits per heavy atom. The van der Waals surface area contributed by atoms with Gasteiger partial charge in [-0.1, -0.05) is 17.7 Å². The van der Waals surface area contributed by atoms with Crippen molar-refractivity contribution in [3.63, 3.8) is 0 Å². The molecule has 24 heavy (non-hydrogen) atoms. The zero-order valence-corrected chi connectivity index (χ0v) is 13.8. The summed E-state index contributed by atoms with van der Waals surface area (Å²) in [6, 6.07) is 11.8. The van der Waals surface area contributed by atoms with Crippen molar-refractivity contribution < 1.29 is 19.1 Å².